The lowest BCUT2D eigenvalue weighted by molar-refractivity contribution is -1.01. The Balaban J connectivity index is 1.70. The normalized spacial score (nSPS) is 21.2. The molecule has 1 heterocycles. The smallest absolute Gasteiger partial charge is 0.162 e. The topological polar surface area (TPSA) is 27.3 Å². The van der Waals surface area contributed by atoms with Crippen LogP contribution in [0.1, 0.15) is 6.92 Å². The number of nitrogens with one attached hydrogen (secondary N) is 2. The Morgan fingerprint density at radius 2 is 1.67 bits per heavy atom. The van der Waals surface area contributed by atoms with Gasteiger partial charge in [0.15, 0.2) is 11.5 Å². The molecule has 114 valence electrons. The number of quaternary nitrogens is 2. The molecule has 0 bridgehead atoms. The summed E-state index contributed by atoms with van der Waals surface area (Å²) in [5.74, 6) is 7.84. The molecule has 1 aromatic carbocycles. The van der Waals surface area contributed by atoms with E-state index < -0.39 is 0 Å². The van der Waals surface area contributed by atoms with Gasteiger partial charge < -0.3 is 19.3 Å². The summed E-state index contributed by atoms with van der Waals surface area (Å²) in [6.45, 7) is 9.83. The van der Waals surface area contributed by atoms with Crippen molar-refractivity contribution in [3.63, 3.8) is 0 Å². The van der Waals surface area contributed by atoms with E-state index in [1.165, 1.54) is 32.7 Å². The number of ether oxygens (including phenoxy) is 2. The van der Waals surface area contributed by atoms with Gasteiger partial charge >= 0.3 is 0 Å². The van der Waals surface area contributed by atoms with Gasteiger partial charge in [-0.1, -0.05) is 18.1 Å². The SMILES string of the molecule is CC[NH+]1CC[NH+](CC#CCOc2ccccc2OC)CC1. The van der Waals surface area contributed by atoms with E-state index in [4.69, 9.17) is 9.47 Å². The molecule has 0 aliphatic carbocycles. The van der Waals surface area contributed by atoms with E-state index in [0.717, 1.165) is 18.0 Å². The zero-order valence-electron chi connectivity index (χ0n) is 13.1. The molecule has 1 saturated heterocycles. The fourth-order valence-corrected chi connectivity index (χ4v) is 2.58. The Morgan fingerprint density at radius 1 is 1.00 bits per heavy atom. The Morgan fingerprint density at radius 3 is 2.33 bits per heavy atom. The van der Waals surface area contributed by atoms with Crippen molar-refractivity contribution in [2.75, 3.05) is 53.0 Å². The molecule has 2 rings (SSSR count). The average Bonchev–Trinajstić information content (AvgIpc) is 2.55. The highest BCUT2D eigenvalue weighted by Gasteiger charge is 2.20. The van der Waals surface area contributed by atoms with Crippen LogP contribution in [-0.2, 0) is 0 Å². The van der Waals surface area contributed by atoms with E-state index in [0.29, 0.717) is 6.61 Å². The molecule has 4 nitrogen and oxygen atoms in total. The van der Waals surface area contributed by atoms with Crippen molar-refractivity contribution in [1.29, 1.82) is 0 Å². The van der Waals surface area contributed by atoms with Gasteiger partial charge in [-0.05, 0) is 25.0 Å². The maximum Gasteiger partial charge on any atom is 0.162 e. The van der Waals surface area contributed by atoms with E-state index in [9.17, 15) is 0 Å². The standard InChI is InChI=1S/C17H24N2O2/c1-3-18-11-13-19(14-12-18)10-6-7-15-21-17-9-5-4-8-16(17)20-2/h4-5,8-9H,3,10-15H2,1-2H3/p+2. The molecule has 0 aromatic heterocycles. The lowest BCUT2D eigenvalue weighted by Crippen LogP contribution is -3.28. The van der Waals surface area contributed by atoms with Crippen LogP contribution in [0.4, 0.5) is 0 Å². The first kappa shape index (κ1) is 15.7. The predicted octanol–water partition coefficient (Wildman–Crippen LogP) is -1.12. The molecule has 0 amide bonds. The number of piperazine rings is 1. The van der Waals surface area contributed by atoms with Gasteiger partial charge in [-0.3, -0.25) is 0 Å². The van der Waals surface area contributed by atoms with Gasteiger partial charge in [-0.15, -0.1) is 0 Å². The van der Waals surface area contributed by atoms with E-state index >= 15 is 0 Å². The predicted molar refractivity (Wildman–Crippen MR) is 83.1 cm³/mol. The molecule has 1 aliphatic rings. The fourth-order valence-electron chi connectivity index (χ4n) is 2.58. The van der Waals surface area contributed by atoms with Crippen molar-refractivity contribution < 1.29 is 19.3 Å². The highest BCUT2D eigenvalue weighted by atomic mass is 16.5. The first-order valence-electron chi connectivity index (χ1n) is 7.72. The number of rotatable bonds is 5. The number of hydrogen-bond acceptors (Lipinski definition) is 2. The highest BCUT2D eigenvalue weighted by molar-refractivity contribution is 5.39. The summed E-state index contributed by atoms with van der Waals surface area (Å²) in [7, 11) is 1.65. The van der Waals surface area contributed by atoms with Crippen molar-refractivity contribution >= 4 is 0 Å². The Hall–Kier alpha value is -1.70. The molecule has 4 heteroatoms. The minimum Gasteiger partial charge on any atom is -0.493 e. The summed E-state index contributed by atoms with van der Waals surface area (Å²) >= 11 is 0. The van der Waals surface area contributed by atoms with Gasteiger partial charge in [0.25, 0.3) is 0 Å². The number of benzene rings is 1. The molecule has 0 saturated carbocycles. The Bertz CT molecular complexity index is 485. The molecule has 0 unspecified atom stereocenters. The van der Waals surface area contributed by atoms with E-state index in [2.05, 4.69) is 18.8 Å². The van der Waals surface area contributed by atoms with Crippen LogP contribution in [0.3, 0.4) is 0 Å². The van der Waals surface area contributed by atoms with Crippen molar-refractivity contribution in [2.24, 2.45) is 0 Å². The summed E-state index contributed by atoms with van der Waals surface area (Å²) in [5, 5.41) is 0. The number of hydrogen-bond donors (Lipinski definition) is 2. The largest absolute Gasteiger partial charge is 0.493 e. The van der Waals surface area contributed by atoms with Crippen molar-refractivity contribution in [3.8, 4) is 23.3 Å². The lowest BCUT2D eigenvalue weighted by atomic mass is 10.3. The summed E-state index contributed by atoms with van der Waals surface area (Å²) < 4.78 is 10.9. The van der Waals surface area contributed by atoms with Crippen LogP contribution < -0.4 is 19.3 Å². The first-order chi connectivity index (χ1) is 10.3. The Labute approximate surface area is 127 Å². The molecule has 1 fully saturated rings. The highest BCUT2D eigenvalue weighted by Crippen LogP contribution is 2.25. The summed E-state index contributed by atoms with van der Waals surface area (Å²) in [6.07, 6.45) is 0. The van der Waals surface area contributed by atoms with Crippen LogP contribution in [0.5, 0.6) is 11.5 Å². The third-order valence-corrected chi connectivity index (χ3v) is 4.00. The molecule has 1 aliphatic heterocycles. The van der Waals surface area contributed by atoms with Crippen LogP contribution in [-0.4, -0.2) is 53.0 Å². The van der Waals surface area contributed by atoms with E-state index in [1.54, 1.807) is 16.9 Å². The van der Waals surface area contributed by atoms with E-state index in [-0.39, 0.29) is 0 Å². The minimum absolute atomic E-state index is 0.417. The molecular weight excluding hydrogens is 264 g/mol. The van der Waals surface area contributed by atoms with Crippen molar-refractivity contribution in [1.82, 2.24) is 0 Å². The molecule has 2 N–H and O–H groups in total. The zero-order chi connectivity index (χ0) is 14.9. The van der Waals surface area contributed by atoms with Gasteiger partial charge in [0, 0.05) is 0 Å². The van der Waals surface area contributed by atoms with Crippen molar-refractivity contribution in [2.45, 2.75) is 6.92 Å². The third kappa shape index (κ3) is 4.96. The number of methoxy groups -OCH3 is 1. The summed E-state index contributed by atoms with van der Waals surface area (Å²) in [5.41, 5.74) is 0. The van der Waals surface area contributed by atoms with E-state index in [1.807, 2.05) is 24.3 Å². The first-order valence-corrected chi connectivity index (χ1v) is 7.72. The molecule has 0 spiro atoms. The van der Waals surface area contributed by atoms with Gasteiger partial charge in [0.2, 0.25) is 0 Å². The van der Waals surface area contributed by atoms with Crippen LogP contribution in [0, 0.1) is 11.8 Å². The number of likely N-dealkylation sites (N-methyl/N-ethyl adjacent to an activating group) is 1. The maximum absolute atomic E-state index is 5.64. The molecule has 0 radical (unpaired) electrons. The van der Waals surface area contributed by atoms with Gasteiger partial charge in [-0.25, -0.2) is 0 Å². The van der Waals surface area contributed by atoms with Crippen LogP contribution in [0.15, 0.2) is 24.3 Å². The number of para-hydroxylation sites is 2. The fraction of sp³-hybridized carbons (Fsp3) is 0.529. The summed E-state index contributed by atoms with van der Waals surface area (Å²) in [6, 6.07) is 7.66. The monoisotopic (exact) mass is 290 g/mol. The molecule has 1 aromatic rings. The second-order valence-corrected chi connectivity index (χ2v) is 5.32. The third-order valence-electron chi connectivity index (χ3n) is 4.00. The lowest BCUT2D eigenvalue weighted by Gasteiger charge is -2.27. The molecule has 21 heavy (non-hydrogen) atoms. The van der Waals surface area contributed by atoms with Gasteiger partial charge in [0.05, 0.1) is 13.7 Å². The molecule has 0 atom stereocenters. The summed E-state index contributed by atoms with van der Waals surface area (Å²) in [4.78, 5) is 3.31. The quantitative estimate of drug-likeness (QED) is 0.673. The van der Waals surface area contributed by atoms with Gasteiger partial charge in [0.1, 0.15) is 39.3 Å². The Kier molecular flexibility index (Phi) is 6.39. The second-order valence-electron chi connectivity index (χ2n) is 5.32. The van der Waals surface area contributed by atoms with Gasteiger partial charge in [-0.2, -0.15) is 0 Å². The minimum atomic E-state index is 0.417. The van der Waals surface area contributed by atoms with Crippen LogP contribution in [0.2, 0.25) is 0 Å². The zero-order valence-corrected chi connectivity index (χ0v) is 13.1. The second kappa shape index (κ2) is 8.56. The van der Waals surface area contributed by atoms with Crippen LogP contribution in [0.25, 0.3) is 0 Å². The maximum atomic E-state index is 5.64. The van der Waals surface area contributed by atoms with Crippen molar-refractivity contribution in [3.05, 3.63) is 24.3 Å². The molecular formula is C17H26N2O2+2. The average molecular weight is 290 g/mol. The van der Waals surface area contributed by atoms with Crippen LogP contribution >= 0.6 is 0 Å².